The van der Waals surface area contributed by atoms with Gasteiger partial charge in [-0.1, -0.05) is 18.2 Å². The third-order valence-corrected chi connectivity index (χ3v) is 3.09. The van der Waals surface area contributed by atoms with Crippen molar-refractivity contribution in [2.45, 2.75) is 19.4 Å². The van der Waals surface area contributed by atoms with E-state index in [-0.39, 0.29) is 11.8 Å². The molecule has 0 aliphatic carbocycles. The third kappa shape index (κ3) is 2.17. The number of nitrogens with zero attached hydrogens (tertiary/aromatic N) is 1. The first kappa shape index (κ1) is 11.7. The molecular weight excluding hydrogens is 214 g/mol. The summed E-state index contributed by atoms with van der Waals surface area (Å²) in [6.07, 6.45) is 2.55. The Bertz CT molecular complexity index is 545. The van der Waals surface area contributed by atoms with Gasteiger partial charge in [-0.3, -0.25) is 9.47 Å². The summed E-state index contributed by atoms with van der Waals surface area (Å²) in [5.74, 6) is 6.02. The average molecular weight is 231 g/mol. The maximum absolute atomic E-state index is 11.4. The van der Waals surface area contributed by atoms with E-state index in [0.717, 1.165) is 16.5 Å². The number of Topliss-reactive ketones (excluding diaryl/α,β-unsaturated/α-hetero) is 1. The quantitative estimate of drug-likeness (QED) is 0.774. The molecular formula is C13H17N3O. The standard InChI is InChI=1S/C13H17N3O/c1-9(17)12(15-2)7-10-8-16(14)13-6-4-3-5-11(10)13/h3-6,8,12,15H,7,14H2,1-2H3. The lowest BCUT2D eigenvalue weighted by molar-refractivity contribution is -0.118. The highest BCUT2D eigenvalue weighted by molar-refractivity contribution is 5.86. The van der Waals surface area contributed by atoms with Crippen LogP contribution in [0.2, 0.25) is 0 Å². The van der Waals surface area contributed by atoms with Crippen molar-refractivity contribution < 1.29 is 4.79 Å². The Morgan fingerprint density at radius 1 is 1.47 bits per heavy atom. The largest absolute Gasteiger partial charge is 0.339 e. The third-order valence-electron chi connectivity index (χ3n) is 3.09. The summed E-state index contributed by atoms with van der Waals surface area (Å²) in [5, 5.41) is 4.13. The van der Waals surface area contributed by atoms with Gasteiger partial charge < -0.3 is 11.2 Å². The first-order valence-electron chi connectivity index (χ1n) is 5.65. The number of nitrogens with one attached hydrogen (secondary N) is 1. The number of para-hydroxylation sites is 1. The Kier molecular flexibility index (Phi) is 3.15. The molecule has 1 heterocycles. The van der Waals surface area contributed by atoms with Gasteiger partial charge in [-0.05, 0) is 32.0 Å². The SMILES string of the molecule is CNC(Cc1cn(N)c2ccccc12)C(C)=O. The fourth-order valence-corrected chi connectivity index (χ4v) is 2.11. The van der Waals surface area contributed by atoms with Gasteiger partial charge in [0.1, 0.15) is 5.78 Å². The summed E-state index contributed by atoms with van der Waals surface area (Å²) in [7, 11) is 1.80. The van der Waals surface area contributed by atoms with Gasteiger partial charge in [-0.15, -0.1) is 0 Å². The Labute approximate surface area is 100 Å². The zero-order valence-electron chi connectivity index (χ0n) is 10.1. The molecule has 1 aromatic carbocycles. The van der Waals surface area contributed by atoms with Crippen LogP contribution in [0.4, 0.5) is 0 Å². The maximum Gasteiger partial charge on any atom is 0.147 e. The molecule has 0 aliphatic rings. The van der Waals surface area contributed by atoms with Gasteiger partial charge in [-0.25, -0.2) is 0 Å². The van der Waals surface area contributed by atoms with Crippen LogP contribution in [-0.2, 0) is 11.2 Å². The van der Waals surface area contributed by atoms with Gasteiger partial charge in [0.25, 0.3) is 0 Å². The Hall–Kier alpha value is -1.81. The van der Waals surface area contributed by atoms with E-state index < -0.39 is 0 Å². The lowest BCUT2D eigenvalue weighted by atomic mass is 10.0. The van der Waals surface area contributed by atoms with Crippen LogP contribution >= 0.6 is 0 Å². The molecule has 1 atom stereocenters. The van der Waals surface area contributed by atoms with Crippen molar-refractivity contribution in [2.75, 3.05) is 12.9 Å². The molecule has 1 aromatic heterocycles. The van der Waals surface area contributed by atoms with Crippen molar-refractivity contribution in [1.82, 2.24) is 9.99 Å². The van der Waals surface area contributed by atoms with Crippen LogP contribution in [0, 0.1) is 0 Å². The van der Waals surface area contributed by atoms with Crippen LogP contribution in [0.15, 0.2) is 30.5 Å². The van der Waals surface area contributed by atoms with E-state index in [1.54, 1.807) is 18.6 Å². The zero-order valence-corrected chi connectivity index (χ0v) is 10.1. The molecule has 0 spiro atoms. The highest BCUT2D eigenvalue weighted by atomic mass is 16.1. The van der Waals surface area contributed by atoms with Gasteiger partial charge in [0.2, 0.25) is 0 Å². The summed E-state index contributed by atoms with van der Waals surface area (Å²) in [6.45, 7) is 1.60. The van der Waals surface area contributed by atoms with Crippen molar-refractivity contribution in [3.63, 3.8) is 0 Å². The maximum atomic E-state index is 11.4. The molecule has 0 fully saturated rings. The second-order valence-corrected chi connectivity index (χ2v) is 4.23. The number of hydrogen-bond acceptors (Lipinski definition) is 3. The number of benzene rings is 1. The number of likely N-dealkylation sites (N-methyl/N-ethyl adjacent to an activating group) is 1. The molecule has 1 unspecified atom stereocenters. The van der Waals surface area contributed by atoms with Crippen LogP contribution in [0.3, 0.4) is 0 Å². The van der Waals surface area contributed by atoms with Crippen molar-refractivity contribution in [3.05, 3.63) is 36.0 Å². The number of nitrogen functional groups attached to an aromatic ring is 1. The van der Waals surface area contributed by atoms with Gasteiger partial charge in [0.05, 0.1) is 11.6 Å². The van der Waals surface area contributed by atoms with Crippen molar-refractivity contribution in [3.8, 4) is 0 Å². The van der Waals surface area contributed by atoms with E-state index in [1.807, 2.05) is 30.5 Å². The molecule has 0 radical (unpaired) electrons. The van der Waals surface area contributed by atoms with Gasteiger partial charge >= 0.3 is 0 Å². The monoisotopic (exact) mass is 231 g/mol. The smallest absolute Gasteiger partial charge is 0.147 e. The van der Waals surface area contributed by atoms with Crippen LogP contribution in [0.5, 0.6) is 0 Å². The van der Waals surface area contributed by atoms with E-state index in [9.17, 15) is 4.79 Å². The second kappa shape index (κ2) is 4.59. The molecule has 0 aliphatic heterocycles. The van der Waals surface area contributed by atoms with Crippen LogP contribution < -0.4 is 11.2 Å². The van der Waals surface area contributed by atoms with Crippen LogP contribution in [-0.4, -0.2) is 23.5 Å². The number of aromatic nitrogens is 1. The van der Waals surface area contributed by atoms with E-state index in [0.29, 0.717) is 6.42 Å². The fraction of sp³-hybridized carbons (Fsp3) is 0.308. The minimum Gasteiger partial charge on any atom is -0.339 e. The highest BCUT2D eigenvalue weighted by Gasteiger charge is 2.15. The Morgan fingerprint density at radius 3 is 2.82 bits per heavy atom. The molecule has 4 nitrogen and oxygen atoms in total. The predicted molar refractivity (Wildman–Crippen MR) is 69.3 cm³/mol. The lowest BCUT2D eigenvalue weighted by Crippen LogP contribution is -2.34. The number of nitrogens with two attached hydrogens (primary N) is 1. The van der Waals surface area contributed by atoms with Gasteiger partial charge in [0, 0.05) is 11.6 Å². The molecule has 2 aromatic rings. The zero-order chi connectivity index (χ0) is 12.4. The summed E-state index contributed by atoms with van der Waals surface area (Å²) in [6, 6.07) is 7.78. The van der Waals surface area contributed by atoms with E-state index in [2.05, 4.69) is 5.32 Å². The van der Waals surface area contributed by atoms with Crippen molar-refractivity contribution >= 4 is 16.7 Å². The number of rotatable bonds is 4. The first-order chi connectivity index (χ1) is 8.13. The summed E-state index contributed by atoms with van der Waals surface area (Å²) in [4.78, 5) is 11.4. The summed E-state index contributed by atoms with van der Waals surface area (Å²) >= 11 is 0. The number of ketones is 1. The number of hydrogen-bond donors (Lipinski definition) is 2. The fourth-order valence-electron chi connectivity index (χ4n) is 2.11. The number of carbonyl (C=O) groups is 1. The normalized spacial score (nSPS) is 12.8. The second-order valence-electron chi connectivity index (χ2n) is 4.23. The molecule has 17 heavy (non-hydrogen) atoms. The molecule has 0 saturated heterocycles. The molecule has 4 heteroatoms. The van der Waals surface area contributed by atoms with Crippen LogP contribution in [0.25, 0.3) is 10.9 Å². The first-order valence-corrected chi connectivity index (χ1v) is 5.65. The summed E-state index contributed by atoms with van der Waals surface area (Å²) in [5.41, 5.74) is 2.08. The Morgan fingerprint density at radius 2 is 2.18 bits per heavy atom. The van der Waals surface area contributed by atoms with Gasteiger partial charge in [0.15, 0.2) is 0 Å². The topological polar surface area (TPSA) is 60.1 Å². The van der Waals surface area contributed by atoms with E-state index in [1.165, 1.54) is 0 Å². The molecule has 3 N–H and O–H groups in total. The molecule has 90 valence electrons. The van der Waals surface area contributed by atoms with Gasteiger partial charge in [-0.2, -0.15) is 0 Å². The summed E-state index contributed by atoms with van der Waals surface area (Å²) < 4.78 is 1.61. The number of fused-ring (bicyclic) bond motifs is 1. The predicted octanol–water partition coefficient (Wildman–Crippen LogP) is 1.07. The Balaban J connectivity index is 2.39. The highest BCUT2D eigenvalue weighted by Crippen LogP contribution is 2.20. The van der Waals surface area contributed by atoms with Crippen molar-refractivity contribution in [2.24, 2.45) is 0 Å². The van der Waals surface area contributed by atoms with Crippen LogP contribution in [0.1, 0.15) is 12.5 Å². The van der Waals surface area contributed by atoms with E-state index in [4.69, 9.17) is 5.84 Å². The molecule has 0 saturated carbocycles. The average Bonchev–Trinajstić information content (AvgIpc) is 2.63. The van der Waals surface area contributed by atoms with Crippen molar-refractivity contribution in [1.29, 1.82) is 0 Å². The molecule has 2 rings (SSSR count). The molecule has 0 bridgehead atoms. The van der Waals surface area contributed by atoms with E-state index >= 15 is 0 Å². The molecule has 0 amide bonds. The minimum atomic E-state index is -0.152. The lowest BCUT2D eigenvalue weighted by Gasteiger charge is -2.11. The number of carbonyl (C=O) groups excluding carboxylic acids is 1. The minimum absolute atomic E-state index is 0.140.